The number of hydrogen-bond acceptors (Lipinski definition) is 3. The van der Waals surface area contributed by atoms with Crippen LogP contribution in [0, 0.1) is 0 Å². The van der Waals surface area contributed by atoms with Gasteiger partial charge in [-0.25, -0.2) is 0 Å². The maximum atomic E-state index is 7.62. The minimum atomic E-state index is -0.125. The van der Waals surface area contributed by atoms with Gasteiger partial charge in [0.1, 0.15) is 0 Å². The lowest BCUT2D eigenvalue weighted by atomic mass is 10.6. The van der Waals surface area contributed by atoms with E-state index in [4.69, 9.17) is 14.9 Å². The summed E-state index contributed by atoms with van der Waals surface area (Å²) in [5, 5.41) is 15.2. The van der Waals surface area contributed by atoms with Gasteiger partial charge in [-0.1, -0.05) is 18.2 Å². The van der Waals surface area contributed by atoms with Crippen molar-refractivity contribution in [3.63, 3.8) is 0 Å². The number of aliphatic hydroxyl groups is 2. The molecule has 0 aliphatic rings. The Balaban J connectivity index is -0.000000147. The van der Waals surface area contributed by atoms with Gasteiger partial charge in [-0.2, -0.15) is 0 Å². The molecule has 0 aromatic carbocycles. The molecule has 0 aliphatic carbocycles. The molecule has 0 unspecified atom stereocenters. The highest BCUT2D eigenvalue weighted by molar-refractivity contribution is 4.68. The van der Waals surface area contributed by atoms with Crippen LogP contribution < -0.4 is 0 Å². The smallest absolute Gasteiger partial charge is 0.0662 e. The van der Waals surface area contributed by atoms with Gasteiger partial charge < -0.3 is 14.9 Å². The van der Waals surface area contributed by atoms with Crippen LogP contribution in [0.2, 0.25) is 0 Å². The Hall–Kier alpha value is -0.900. The van der Waals surface area contributed by atoms with Crippen LogP contribution in [0.25, 0.3) is 0 Å². The Kier molecular flexibility index (Phi) is 39.7. The summed E-state index contributed by atoms with van der Waals surface area (Å²) < 4.78 is 4.90. The number of ether oxygens (including phenoxy) is 1. The molecule has 0 radical (unpaired) electrons. The molecule has 0 atom stereocenters. The van der Waals surface area contributed by atoms with Crippen molar-refractivity contribution in [3.05, 3.63) is 38.0 Å². The first kappa shape index (κ1) is 18.8. The predicted octanol–water partition coefficient (Wildman–Crippen LogP) is 1.54. The van der Waals surface area contributed by atoms with E-state index in [1.165, 1.54) is 0 Å². The highest BCUT2D eigenvalue weighted by atomic mass is 16.5. The van der Waals surface area contributed by atoms with Crippen molar-refractivity contribution in [1.82, 2.24) is 0 Å². The van der Waals surface area contributed by atoms with E-state index in [1.54, 1.807) is 18.2 Å². The zero-order valence-electron chi connectivity index (χ0n) is 8.98. The maximum absolute atomic E-state index is 7.62. The molecule has 3 nitrogen and oxygen atoms in total. The van der Waals surface area contributed by atoms with Crippen molar-refractivity contribution in [2.75, 3.05) is 26.4 Å². The third kappa shape index (κ3) is 67.4. The van der Waals surface area contributed by atoms with Crippen molar-refractivity contribution < 1.29 is 14.9 Å². The van der Waals surface area contributed by atoms with Gasteiger partial charge in [0, 0.05) is 0 Å². The van der Waals surface area contributed by atoms with Crippen molar-refractivity contribution in [2.24, 2.45) is 0 Å². The lowest BCUT2D eigenvalue weighted by molar-refractivity contribution is 0.186. The summed E-state index contributed by atoms with van der Waals surface area (Å²) >= 11 is 0. The van der Waals surface area contributed by atoms with Crippen LogP contribution in [0.15, 0.2) is 38.0 Å². The first-order valence-corrected chi connectivity index (χ1v) is 4.33. The third-order valence-corrected chi connectivity index (χ3v) is 0.571. The normalized spacial score (nSPS) is 7.07. The predicted molar refractivity (Wildman–Crippen MR) is 61.3 cm³/mol. The first-order valence-electron chi connectivity index (χ1n) is 4.33. The summed E-state index contributed by atoms with van der Waals surface area (Å²) in [7, 11) is 0. The topological polar surface area (TPSA) is 49.7 Å². The summed E-state index contributed by atoms with van der Waals surface area (Å²) in [6.45, 7) is 13.2. The Morgan fingerprint density at radius 1 is 1.00 bits per heavy atom. The zero-order valence-corrected chi connectivity index (χ0v) is 8.98. The van der Waals surface area contributed by atoms with E-state index in [0.29, 0.717) is 13.2 Å². The quantitative estimate of drug-likeness (QED) is 0.525. The van der Waals surface area contributed by atoms with Crippen LogP contribution in [0.4, 0.5) is 0 Å². The van der Waals surface area contributed by atoms with E-state index >= 15 is 0 Å². The SMILES string of the molecule is C=CC.C=CCOCC=C.OCCO. The lowest BCUT2D eigenvalue weighted by Gasteiger charge is -1.89. The lowest BCUT2D eigenvalue weighted by Crippen LogP contribution is -1.87. The molecule has 0 aromatic heterocycles. The molecule has 0 fully saturated rings. The molecular weight excluding hydrogens is 180 g/mol. The number of allylic oxidation sites excluding steroid dienone is 1. The fourth-order valence-corrected chi connectivity index (χ4v) is 0.235. The van der Waals surface area contributed by atoms with Gasteiger partial charge in [-0.3, -0.25) is 0 Å². The molecule has 2 N–H and O–H groups in total. The van der Waals surface area contributed by atoms with E-state index in [2.05, 4.69) is 19.7 Å². The largest absolute Gasteiger partial charge is 0.394 e. The minimum Gasteiger partial charge on any atom is -0.394 e. The fourth-order valence-electron chi connectivity index (χ4n) is 0.235. The molecule has 0 heterocycles. The summed E-state index contributed by atoms with van der Waals surface area (Å²) in [4.78, 5) is 0. The van der Waals surface area contributed by atoms with Crippen molar-refractivity contribution >= 4 is 0 Å². The Bertz CT molecular complexity index is 101. The van der Waals surface area contributed by atoms with Gasteiger partial charge in [0.15, 0.2) is 0 Å². The van der Waals surface area contributed by atoms with Crippen LogP contribution >= 0.6 is 0 Å². The molecule has 0 bridgehead atoms. The average molecular weight is 202 g/mol. The molecule has 84 valence electrons. The van der Waals surface area contributed by atoms with Crippen molar-refractivity contribution in [2.45, 2.75) is 6.92 Å². The van der Waals surface area contributed by atoms with Crippen LogP contribution in [-0.4, -0.2) is 36.6 Å². The second-order valence-electron chi connectivity index (χ2n) is 1.97. The van der Waals surface area contributed by atoms with Gasteiger partial charge in [-0.05, 0) is 6.92 Å². The molecule has 0 saturated heterocycles. The van der Waals surface area contributed by atoms with Crippen LogP contribution in [-0.2, 0) is 4.74 Å². The van der Waals surface area contributed by atoms with Gasteiger partial charge >= 0.3 is 0 Å². The molecule has 0 amide bonds. The molecular formula is C11H22O3. The number of hydrogen-bond donors (Lipinski definition) is 2. The summed E-state index contributed by atoms with van der Waals surface area (Å²) in [6.07, 6.45) is 5.17. The average Bonchev–Trinajstić information content (AvgIpc) is 2.20. The van der Waals surface area contributed by atoms with E-state index < -0.39 is 0 Å². The Labute approximate surface area is 87.0 Å². The monoisotopic (exact) mass is 202 g/mol. The second-order valence-corrected chi connectivity index (χ2v) is 1.97. The first-order chi connectivity index (χ1) is 6.74. The zero-order chi connectivity index (χ0) is 11.7. The number of aliphatic hydroxyl groups excluding tert-OH is 2. The van der Waals surface area contributed by atoms with E-state index in [-0.39, 0.29) is 13.2 Å². The van der Waals surface area contributed by atoms with Gasteiger partial charge in [-0.15, -0.1) is 19.7 Å². The van der Waals surface area contributed by atoms with Crippen molar-refractivity contribution in [3.8, 4) is 0 Å². The molecule has 0 rings (SSSR count). The summed E-state index contributed by atoms with van der Waals surface area (Å²) in [6, 6.07) is 0. The second kappa shape index (κ2) is 29.6. The highest BCUT2D eigenvalue weighted by Crippen LogP contribution is 1.72. The van der Waals surface area contributed by atoms with Gasteiger partial charge in [0.05, 0.1) is 26.4 Å². The summed E-state index contributed by atoms with van der Waals surface area (Å²) in [5.41, 5.74) is 0. The molecule has 0 aliphatic heterocycles. The molecule has 0 saturated carbocycles. The van der Waals surface area contributed by atoms with E-state index in [1.807, 2.05) is 6.92 Å². The van der Waals surface area contributed by atoms with E-state index in [0.717, 1.165) is 0 Å². The Morgan fingerprint density at radius 3 is 1.43 bits per heavy atom. The van der Waals surface area contributed by atoms with Gasteiger partial charge in [0.2, 0.25) is 0 Å². The molecule has 14 heavy (non-hydrogen) atoms. The summed E-state index contributed by atoms with van der Waals surface area (Å²) in [5.74, 6) is 0. The van der Waals surface area contributed by atoms with Crippen LogP contribution in [0.1, 0.15) is 6.92 Å². The standard InChI is InChI=1S/C6H10O.C3H6.C2H6O2/c1-3-5-7-6-4-2;1-3-2;3-1-2-4/h3-4H,1-2,5-6H2;3H,1H2,2H3;3-4H,1-2H2. The van der Waals surface area contributed by atoms with E-state index in [9.17, 15) is 0 Å². The molecule has 0 aromatic rings. The van der Waals surface area contributed by atoms with Gasteiger partial charge in [0.25, 0.3) is 0 Å². The minimum absolute atomic E-state index is 0.125. The maximum Gasteiger partial charge on any atom is 0.0662 e. The fraction of sp³-hybridized carbons (Fsp3) is 0.455. The third-order valence-electron chi connectivity index (χ3n) is 0.571. The number of rotatable bonds is 5. The highest BCUT2D eigenvalue weighted by Gasteiger charge is 1.70. The van der Waals surface area contributed by atoms with Crippen LogP contribution in [0.3, 0.4) is 0 Å². The molecule has 3 heteroatoms. The molecule has 0 spiro atoms. The van der Waals surface area contributed by atoms with Crippen molar-refractivity contribution in [1.29, 1.82) is 0 Å². The van der Waals surface area contributed by atoms with Crippen LogP contribution in [0.5, 0.6) is 0 Å². The Morgan fingerprint density at radius 2 is 1.29 bits per heavy atom.